The fourth-order valence-electron chi connectivity index (χ4n) is 3.16. The van der Waals surface area contributed by atoms with E-state index in [1.807, 2.05) is 6.07 Å². The molecule has 0 atom stereocenters. The molecule has 6 heteroatoms. The van der Waals surface area contributed by atoms with Gasteiger partial charge in [0, 0.05) is 45.0 Å². The van der Waals surface area contributed by atoms with Gasteiger partial charge in [0.25, 0.3) is 0 Å². The smallest absolute Gasteiger partial charge is 0.231 e. The second-order valence-corrected chi connectivity index (χ2v) is 6.21. The third kappa shape index (κ3) is 3.18. The maximum Gasteiger partial charge on any atom is 0.231 e. The average Bonchev–Trinajstić information content (AvgIpc) is 3.18. The molecule has 0 saturated carbocycles. The Hall–Kier alpha value is -2.05. The Morgan fingerprint density at radius 1 is 1.04 bits per heavy atom. The molecule has 0 radical (unpaired) electrons. The first kappa shape index (κ1) is 14.5. The molecular weight excluding hydrogens is 292 g/mol. The number of ether oxygens (including phenoxy) is 2. The van der Waals surface area contributed by atoms with Crippen LogP contribution in [0, 0.1) is 6.92 Å². The number of aromatic nitrogens is 2. The van der Waals surface area contributed by atoms with E-state index in [0.717, 1.165) is 56.5 Å². The van der Waals surface area contributed by atoms with Crippen LogP contribution in [0.5, 0.6) is 11.5 Å². The highest BCUT2D eigenvalue weighted by Gasteiger charge is 2.19. The summed E-state index contributed by atoms with van der Waals surface area (Å²) in [5.41, 5.74) is 3.62. The second kappa shape index (κ2) is 6.22. The summed E-state index contributed by atoms with van der Waals surface area (Å²) in [5, 5.41) is 0. The summed E-state index contributed by atoms with van der Waals surface area (Å²) in [6.07, 6.45) is 1.78. The molecule has 4 rings (SSSR count). The Bertz CT molecular complexity index is 677. The van der Waals surface area contributed by atoms with E-state index in [1.54, 1.807) is 6.33 Å². The van der Waals surface area contributed by atoms with Crippen molar-refractivity contribution in [1.29, 1.82) is 0 Å². The van der Waals surface area contributed by atoms with E-state index < -0.39 is 0 Å². The molecule has 1 fully saturated rings. The van der Waals surface area contributed by atoms with Crippen LogP contribution < -0.4 is 9.47 Å². The molecule has 2 aliphatic heterocycles. The molecule has 1 N–H and O–H groups in total. The molecule has 0 amide bonds. The third-order valence-electron chi connectivity index (χ3n) is 4.62. The van der Waals surface area contributed by atoms with Gasteiger partial charge in [-0.25, -0.2) is 4.98 Å². The van der Waals surface area contributed by atoms with E-state index in [2.05, 4.69) is 38.8 Å². The minimum atomic E-state index is 0.337. The number of fused-ring (bicyclic) bond motifs is 1. The predicted molar refractivity (Wildman–Crippen MR) is 86.4 cm³/mol. The van der Waals surface area contributed by atoms with E-state index in [9.17, 15) is 0 Å². The number of aromatic amines is 1. The number of nitrogens with one attached hydrogen (secondary N) is 1. The molecule has 3 heterocycles. The molecule has 2 aliphatic rings. The zero-order chi connectivity index (χ0) is 15.6. The number of benzene rings is 1. The van der Waals surface area contributed by atoms with Crippen molar-refractivity contribution in [2.45, 2.75) is 20.0 Å². The molecule has 6 nitrogen and oxygen atoms in total. The van der Waals surface area contributed by atoms with Crippen molar-refractivity contribution in [2.75, 3.05) is 33.0 Å². The highest BCUT2D eigenvalue weighted by molar-refractivity contribution is 5.44. The number of hydrogen-bond donors (Lipinski definition) is 1. The number of hydrogen-bond acceptors (Lipinski definition) is 5. The lowest BCUT2D eigenvalue weighted by Gasteiger charge is -2.34. The summed E-state index contributed by atoms with van der Waals surface area (Å²) < 4.78 is 10.8. The molecule has 0 aliphatic carbocycles. The van der Waals surface area contributed by atoms with Gasteiger partial charge in [-0.05, 0) is 24.6 Å². The molecule has 1 aromatic heterocycles. The van der Waals surface area contributed by atoms with Gasteiger partial charge in [0.1, 0.15) is 0 Å². The van der Waals surface area contributed by atoms with Gasteiger partial charge in [-0.1, -0.05) is 6.07 Å². The molecule has 0 spiro atoms. The van der Waals surface area contributed by atoms with Crippen LogP contribution in [0.15, 0.2) is 24.5 Å². The van der Waals surface area contributed by atoms with Crippen molar-refractivity contribution in [3.05, 3.63) is 41.5 Å². The second-order valence-electron chi connectivity index (χ2n) is 6.21. The lowest BCUT2D eigenvalue weighted by Crippen LogP contribution is -2.45. The van der Waals surface area contributed by atoms with E-state index in [4.69, 9.17) is 9.47 Å². The van der Waals surface area contributed by atoms with Gasteiger partial charge < -0.3 is 14.5 Å². The molecule has 2 aromatic rings. The SMILES string of the molecule is Cc1[nH]cnc1CN1CCN(Cc2ccc3c(c2)OCO3)CC1. The summed E-state index contributed by atoms with van der Waals surface area (Å²) >= 11 is 0. The Labute approximate surface area is 136 Å². The zero-order valence-corrected chi connectivity index (χ0v) is 13.4. The molecule has 0 unspecified atom stereocenters. The first-order valence-electron chi connectivity index (χ1n) is 8.10. The number of aryl methyl sites for hydroxylation is 1. The summed E-state index contributed by atoms with van der Waals surface area (Å²) in [7, 11) is 0. The van der Waals surface area contributed by atoms with Crippen molar-refractivity contribution in [2.24, 2.45) is 0 Å². The van der Waals surface area contributed by atoms with Crippen LogP contribution in [0.2, 0.25) is 0 Å². The lowest BCUT2D eigenvalue weighted by molar-refractivity contribution is 0.121. The van der Waals surface area contributed by atoms with Gasteiger partial charge in [-0.3, -0.25) is 9.80 Å². The van der Waals surface area contributed by atoms with Crippen molar-refractivity contribution in [3.63, 3.8) is 0 Å². The highest BCUT2D eigenvalue weighted by Crippen LogP contribution is 2.32. The Morgan fingerprint density at radius 2 is 1.78 bits per heavy atom. The maximum atomic E-state index is 5.46. The van der Waals surface area contributed by atoms with Crippen LogP contribution >= 0.6 is 0 Å². The lowest BCUT2D eigenvalue weighted by atomic mass is 10.1. The van der Waals surface area contributed by atoms with E-state index in [1.165, 1.54) is 11.3 Å². The van der Waals surface area contributed by atoms with Gasteiger partial charge in [0.05, 0.1) is 12.0 Å². The molecule has 122 valence electrons. The van der Waals surface area contributed by atoms with Gasteiger partial charge in [0.15, 0.2) is 11.5 Å². The van der Waals surface area contributed by atoms with Crippen molar-refractivity contribution >= 4 is 0 Å². The fourth-order valence-corrected chi connectivity index (χ4v) is 3.16. The fraction of sp³-hybridized carbons (Fsp3) is 0.471. The van der Waals surface area contributed by atoms with Crippen LogP contribution in [-0.2, 0) is 13.1 Å². The van der Waals surface area contributed by atoms with Crippen molar-refractivity contribution < 1.29 is 9.47 Å². The highest BCUT2D eigenvalue weighted by atomic mass is 16.7. The van der Waals surface area contributed by atoms with Crippen molar-refractivity contribution in [1.82, 2.24) is 19.8 Å². The summed E-state index contributed by atoms with van der Waals surface area (Å²) in [6.45, 7) is 8.64. The van der Waals surface area contributed by atoms with Gasteiger partial charge in [-0.15, -0.1) is 0 Å². The van der Waals surface area contributed by atoms with Crippen LogP contribution in [-0.4, -0.2) is 52.7 Å². The maximum absolute atomic E-state index is 5.46. The quantitative estimate of drug-likeness (QED) is 0.932. The van der Waals surface area contributed by atoms with Gasteiger partial charge >= 0.3 is 0 Å². The minimum absolute atomic E-state index is 0.337. The molecule has 1 aromatic carbocycles. The van der Waals surface area contributed by atoms with Crippen LogP contribution in [0.1, 0.15) is 17.0 Å². The largest absolute Gasteiger partial charge is 0.454 e. The molecule has 23 heavy (non-hydrogen) atoms. The standard InChI is InChI=1S/C17H22N4O2/c1-13-15(19-11-18-13)10-21-6-4-20(5-7-21)9-14-2-3-16-17(8-14)23-12-22-16/h2-3,8,11H,4-7,9-10,12H2,1H3,(H,18,19). The van der Waals surface area contributed by atoms with E-state index >= 15 is 0 Å². The molecular formula is C17H22N4O2. The predicted octanol–water partition coefficient (Wildman–Crippen LogP) is 1.76. The zero-order valence-electron chi connectivity index (χ0n) is 13.4. The molecule has 0 bridgehead atoms. The van der Waals surface area contributed by atoms with Crippen LogP contribution in [0.3, 0.4) is 0 Å². The number of H-pyrrole nitrogens is 1. The van der Waals surface area contributed by atoms with Crippen LogP contribution in [0.4, 0.5) is 0 Å². The minimum Gasteiger partial charge on any atom is -0.454 e. The summed E-state index contributed by atoms with van der Waals surface area (Å²) in [6, 6.07) is 6.24. The monoisotopic (exact) mass is 314 g/mol. The normalized spacial score (nSPS) is 18.5. The first-order chi connectivity index (χ1) is 11.3. The van der Waals surface area contributed by atoms with Gasteiger partial charge in [-0.2, -0.15) is 0 Å². The molecule has 1 saturated heterocycles. The van der Waals surface area contributed by atoms with E-state index in [-0.39, 0.29) is 0 Å². The summed E-state index contributed by atoms with van der Waals surface area (Å²) in [4.78, 5) is 12.5. The Kier molecular flexibility index (Phi) is 3.93. The first-order valence-corrected chi connectivity index (χ1v) is 8.10. The Balaban J connectivity index is 1.30. The number of rotatable bonds is 4. The topological polar surface area (TPSA) is 53.6 Å². The Morgan fingerprint density at radius 3 is 2.52 bits per heavy atom. The van der Waals surface area contributed by atoms with Crippen LogP contribution in [0.25, 0.3) is 0 Å². The van der Waals surface area contributed by atoms with Gasteiger partial charge in [0.2, 0.25) is 6.79 Å². The van der Waals surface area contributed by atoms with E-state index in [0.29, 0.717) is 6.79 Å². The number of piperazine rings is 1. The number of imidazole rings is 1. The van der Waals surface area contributed by atoms with Crippen molar-refractivity contribution in [3.8, 4) is 11.5 Å². The third-order valence-corrected chi connectivity index (χ3v) is 4.62. The average molecular weight is 314 g/mol. The summed E-state index contributed by atoms with van der Waals surface area (Å²) in [5.74, 6) is 1.73. The number of nitrogens with zero attached hydrogens (tertiary/aromatic N) is 3.